The molecule has 0 unspecified atom stereocenters. The average Bonchev–Trinajstić information content (AvgIpc) is 2.95. The highest BCUT2D eigenvalue weighted by Gasteiger charge is 2.15. The number of aromatic nitrogens is 2. The van der Waals surface area contributed by atoms with Crippen LogP contribution < -0.4 is 16.2 Å². The number of benzene rings is 1. The molecule has 0 radical (unpaired) electrons. The number of rotatable bonds is 2. The van der Waals surface area contributed by atoms with Crippen LogP contribution >= 0.6 is 0 Å². The minimum absolute atomic E-state index is 0.115. The topological polar surface area (TPSA) is 64.2 Å². The highest BCUT2D eigenvalue weighted by atomic mass is 16.1. The summed E-state index contributed by atoms with van der Waals surface area (Å²) in [6, 6.07) is 9.24. The lowest BCUT2D eigenvalue weighted by Gasteiger charge is -2.20. The molecule has 0 amide bonds. The second-order valence-corrected chi connectivity index (χ2v) is 5.15. The second-order valence-electron chi connectivity index (χ2n) is 5.15. The fraction of sp³-hybridized carbons (Fsp3) is 0.333. The van der Waals surface area contributed by atoms with Gasteiger partial charge in [-0.3, -0.25) is 4.79 Å². The van der Waals surface area contributed by atoms with E-state index in [1.807, 2.05) is 18.2 Å². The molecule has 2 N–H and O–H groups in total. The Labute approximate surface area is 117 Å². The molecule has 5 nitrogen and oxygen atoms in total. The van der Waals surface area contributed by atoms with Crippen LogP contribution in [0.4, 0.5) is 11.4 Å². The zero-order valence-electron chi connectivity index (χ0n) is 11.5. The molecule has 0 aliphatic carbocycles. The summed E-state index contributed by atoms with van der Waals surface area (Å²) in [4.78, 5) is 13.7. The Morgan fingerprint density at radius 1 is 1.15 bits per heavy atom. The van der Waals surface area contributed by atoms with E-state index >= 15 is 0 Å². The molecule has 1 aromatic carbocycles. The Morgan fingerprint density at radius 3 is 2.55 bits per heavy atom. The molecule has 1 fully saturated rings. The number of nitrogens with zero attached hydrogens (tertiary/aromatic N) is 3. The van der Waals surface area contributed by atoms with E-state index in [0.717, 1.165) is 35.7 Å². The van der Waals surface area contributed by atoms with Crippen molar-refractivity contribution in [2.24, 2.45) is 7.05 Å². The smallest absolute Gasteiger partial charge is 0.266 e. The highest BCUT2D eigenvalue weighted by Crippen LogP contribution is 2.30. The minimum atomic E-state index is -0.115. The summed E-state index contributed by atoms with van der Waals surface area (Å²) in [5.41, 5.74) is 9.60. The van der Waals surface area contributed by atoms with Crippen LogP contribution in [0.3, 0.4) is 0 Å². The predicted octanol–water partition coefficient (Wildman–Crippen LogP) is 1.63. The Kier molecular flexibility index (Phi) is 3.18. The van der Waals surface area contributed by atoms with Gasteiger partial charge in [0, 0.05) is 31.8 Å². The van der Waals surface area contributed by atoms with Crippen LogP contribution in [0, 0.1) is 0 Å². The summed E-state index contributed by atoms with van der Waals surface area (Å²) < 4.78 is 1.33. The van der Waals surface area contributed by atoms with Gasteiger partial charge in [-0.1, -0.05) is 6.07 Å². The van der Waals surface area contributed by atoms with Gasteiger partial charge in [0.05, 0.1) is 17.1 Å². The van der Waals surface area contributed by atoms with E-state index in [4.69, 9.17) is 5.73 Å². The molecule has 1 aromatic heterocycles. The lowest BCUT2D eigenvalue weighted by atomic mass is 10.1. The van der Waals surface area contributed by atoms with Gasteiger partial charge in [0.1, 0.15) is 0 Å². The van der Waals surface area contributed by atoms with E-state index in [-0.39, 0.29) is 5.56 Å². The van der Waals surface area contributed by atoms with Crippen molar-refractivity contribution in [1.29, 1.82) is 0 Å². The van der Waals surface area contributed by atoms with Gasteiger partial charge < -0.3 is 10.6 Å². The maximum Gasteiger partial charge on any atom is 0.266 e. The standard InChI is InChI=1S/C15H18N4O/c1-18-15(20)7-5-13(17-18)11-4-6-14(12(16)10-11)19-8-2-3-9-19/h4-7,10H,2-3,8-9,16H2,1H3. The molecule has 0 bridgehead atoms. The molecule has 1 aliphatic heterocycles. The van der Waals surface area contributed by atoms with Gasteiger partial charge in [-0.25, -0.2) is 4.68 Å². The Balaban J connectivity index is 1.97. The van der Waals surface area contributed by atoms with Crippen molar-refractivity contribution in [3.63, 3.8) is 0 Å². The molecule has 20 heavy (non-hydrogen) atoms. The summed E-state index contributed by atoms with van der Waals surface area (Å²) in [5.74, 6) is 0. The summed E-state index contributed by atoms with van der Waals surface area (Å²) in [6.45, 7) is 2.14. The highest BCUT2D eigenvalue weighted by molar-refractivity contribution is 5.75. The number of anilines is 2. The first-order valence-corrected chi connectivity index (χ1v) is 6.84. The number of nitrogen functional groups attached to an aromatic ring is 1. The van der Waals surface area contributed by atoms with Gasteiger partial charge in [0.15, 0.2) is 0 Å². The van der Waals surface area contributed by atoms with E-state index in [2.05, 4.69) is 10.00 Å². The number of nitrogens with two attached hydrogens (primary N) is 1. The fourth-order valence-corrected chi connectivity index (χ4v) is 2.62. The third-order valence-electron chi connectivity index (χ3n) is 3.73. The van der Waals surface area contributed by atoms with Gasteiger partial charge in [-0.15, -0.1) is 0 Å². The third-order valence-corrected chi connectivity index (χ3v) is 3.73. The van der Waals surface area contributed by atoms with Gasteiger partial charge >= 0.3 is 0 Å². The number of aryl methyl sites for hydroxylation is 1. The second kappa shape index (κ2) is 5.00. The van der Waals surface area contributed by atoms with E-state index in [1.165, 1.54) is 23.6 Å². The van der Waals surface area contributed by atoms with Gasteiger partial charge in [-0.05, 0) is 31.0 Å². The molecule has 1 saturated heterocycles. The van der Waals surface area contributed by atoms with E-state index in [1.54, 1.807) is 13.1 Å². The van der Waals surface area contributed by atoms with Crippen molar-refractivity contribution in [3.05, 3.63) is 40.7 Å². The van der Waals surface area contributed by atoms with Crippen molar-refractivity contribution >= 4 is 11.4 Å². The van der Waals surface area contributed by atoms with Gasteiger partial charge in [0.2, 0.25) is 0 Å². The monoisotopic (exact) mass is 270 g/mol. The number of hydrogen-bond donors (Lipinski definition) is 1. The summed E-state index contributed by atoms with van der Waals surface area (Å²) >= 11 is 0. The molecule has 1 aliphatic rings. The zero-order chi connectivity index (χ0) is 14.1. The predicted molar refractivity (Wildman–Crippen MR) is 80.8 cm³/mol. The first-order valence-electron chi connectivity index (χ1n) is 6.84. The Morgan fingerprint density at radius 2 is 1.90 bits per heavy atom. The lowest BCUT2D eigenvalue weighted by molar-refractivity contribution is 0.712. The summed E-state index contributed by atoms with van der Waals surface area (Å²) in [5, 5.41) is 4.25. The van der Waals surface area contributed by atoms with Crippen molar-refractivity contribution in [2.45, 2.75) is 12.8 Å². The minimum Gasteiger partial charge on any atom is -0.397 e. The maximum absolute atomic E-state index is 11.4. The Bertz CT molecular complexity index is 687. The van der Waals surface area contributed by atoms with Crippen LogP contribution in [0.15, 0.2) is 35.1 Å². The zero-order valence-corrected chi connectivity index (χ0v) is 11.5. The van der Waals surface area contributed by atoms with Crippen molar-refractivity contribution < 1.29 is 0 Å². The third kappa shape index (κ3) is 2.27. The normalized spacial score (nSPS) is 14.8. The molecule has 0 spiro atoms. The SMILES string of the molecule is Cn1nc(-c2ccc(N3CCCC3)c(N)c2)ccc1=O. The van der Waals surface area contributed by atoms with Crippen molar-refractivity contribution in [2.75, 3.05) is 23.7 Å². The first-order chi connectivity index (χ1) is 9.65. The lowest BCUT2D eigenvalue weighted by Crippen LogP contribution is -2.19. The van der Waals surface area contributed by atoms with Crippen LogP contribution in [0.25, 0.3) is 11.3 Å². The molecule has 2 heterocycles. The van der Waals surface area contributed by atoms with E-state index in [0.29, 0.717) is 0 Å². The van der Waals surface area contributed by atoms with Crippen LogP contribution in [0.2, 0.25) is 0 Å². The summed E-state index contributed by atoms with van der Waals surface area (Å²) in [7, 11) is 1.65. The van der Waals surface area contributed by atoms with Crippen LogP contribution in [-0.2, 0) is 7.05 Å². The largest absolute Gasteiger partial charge is 0.397 e. The van der Waals surface area contributed by atoms with Crippen LogP contribution in [0.5, 0.6) is 0 Å². The first kappa shape index (κ1) is 12.7. The molecule has 104 valence electrons. The van der Waals surface area contributed by atoms with Crippen molar-refractivity contribution in [1.82, 2.24) is 9.78 Å². The molecular weight excluding hydrogens is 252 g/mol. The van der Waals surface area contributed by atoms with Gasteiger partial charge in [0.25, 0.3) is 5.56 Å². The van der Waals surface area contributed by atoms with E-state index < -0.39 is 0 Å². The molecule has 0 atom stereocenters. The van der Waals surface area contributed by atoms with Crippen LogP contribution in [0.1, 0.15) is 12.8 Å². The fourth-order valence-electron chi connectivity index (χ4n) is 2.62. The van der Waals surface area contributed by atoms with Gasteiger partial charge in [-0.2, -0.15) is 5.10 Å². The Hall–Kier alpha value is -2.30. The number of hydrogen-bond acceptors (Lipinski definition) is 4. The molecule has 2 aromatic rings. The quantitative estimate of drug-likeness (QED) is 0.842. The van der Waals surface area contributed by atoms with Crippen LogP contribution in [-0.4, -0.2) is 22.9 Å². The van der Waals surface area contributed by atoms with Crippen molar-refractivity contribution in [3.8, 4) is 11.3 Å². The molecule has 5 heteroatoms. The maximum atomic E-state index is 11.4. The van der Waals surface area contributed by atoms with E-state index in [9.17, 15) is 4.79 Å². The molecule has 0 saturated carbocycles. The average molecular weight is 270 g/mol. The molecular formula is C15H18N4O. The molecule has 3 rings (SSSR count). The summed E-state index contributed by atoms with van der Waals surface area (Å²) in [6.07, 6.45) is 2.45.